The summed E-state index contributed by atoms with van der Waals surface area (Å²) in [5, 5.41) is 3.57. The van der Waals surface area contributed by atoms with E-state index in [0.717, 1.165) is 18.8 Å². The van der Waals surface area contributed by atoms with Gasteiger partial charge in [0.2, 0.25) is 0 Å². The van der Waals surface area contributed by atoms with Gasteiger partial charge >= 0.3 is 0 Å². The standard InChI is InChI=1S/C24H39NO/c1-5-6-7-8-9-10-11-12-13-14-17-26-21-15-16-23-22(18-21)20(2)19-24(3,4)25-23/h15-16,18-19,25H,5-14,17H2,1-4H3. The zero-order valence-electron chi connectivity index (χ0n) is 17.5. The summed E-state index contributed by atoms with van der Waals surface area (Å²) in [7, 11) is 0. The first-order valence-corrected chi connectivity index (χ1v) is 10.8. The fourth-order valence-corrected chi connectivity index (χ4v) is 3.83. The summed E-state index contributed by atoms with van der Waals surface area (Å²) in [6.45, 7) is 9.70. The normalized spacial score (nSPS) is 15.2. The molecule has 0 saturated carbocycles. The summed E-state index contributed by atoms with van der Waals surface area (Å²) < 4.78 is 5.99. The van der Waals surface area contributed by atoms with Crippen LogP contribution >= 0.6 is 0 Å². The Labute approximate surface area is 161 Å². The van der Waals surface area contributed by atoms with Crippen molar-refractivity contribution in [3.63, 3.8) is 0 Å². The molecule has 26 heavy (non-hydrogen) atoms. The number of allylic oxidation sites excluding steroid dienone is 1. The molecule has 2 heteroatoms. The van der Waals surface area contributed by atoms with E-state index in [-0.39, 0.29) is 5.54 Å². The van der Waals surface area contributed by atoms with Gasteiger partial charge in [0.25, 0.3) is 0 Å². The van der Waals surface area contributed by atoms with Crippen LogP contribution in [0.5, 0.6) is 5.75 Å². The van der Waals surface area contributed by atoms with Gasteiger partial charge in [-0.1, -0.05) is 70.8 Å². The lowest BCUT2D eigenvalue weighted by molar-refractivity contribution is 0.304. The van der Waals surface area contributed by atoms with Gasteiger partial charge in [0, 0.05) is 11.3 Å². The molecule has 1 heterocycles. The van der Waals surface area contributed by atoms with Crippen molar-refractivity contribution >= 4 is 11.3 Å². The van der Waals surface area contributed by atoms with Crippen LogP contribution in [0.15, 0.2) is 24.3 Å². The number of nitrogens with one attached hydrogen (secondary N) is 1. The monoisotopic (exact) mass is 357 g/mol. The third-order valence-corrected chi connectivity index (χ3v) is 5.22. The quantitative estimate of drug-likeness (QED) is 0.389. The molecule has 0 fully saturated rings. The summed E-state index contributed by atoms with van der Waals surface area (Å²) in [5.74, 6) is 0.994. The van der Waals surface area contributed by atoms with E-state index < -0.39 is 0 Å². The third kappa shape index (κ3) is 7.05. The van der Waals surface area contributed by atoms with Crippen LogP contribution in [0.4, 0.5) is 5.69 Å². The molecule has 146 valence electrons. The Balaban J connectivity index is 1.60. The molecule has 1 N–H and O–H groups in total. The lowest BCUT2D eigenvalue weighted by Crippen LogP contribution is -2.31. The molecule has 0 aliphatic carbocycles. The Bertz CT molecular complexity index is 574. The number of unbranched alkanes of at least 4 members (excludes halogenated alkanes) is 9. The van der Waals surface area contributed by atoms with Crippen molar-refractivity contribution in [2.24, 2.45) is 0 Å². The van der Waals surface area contributed by atoms with E-state index >= 15 is 0 Å². The highest BCUT2D eigenvalue weighted by molar-refractivity contribution is 5.80. The van der Waals surface area contributed by atoms with Crippen molar-refractivity contribution < 1.29 is 4.74 Å². The van der Waals surface area contributed by atoms with Gasteiger partial charge in [0.1, 0.15) is 5.75 Å². The molecular formula is C24H39NO. The van der Waals surface area contributed by atoms with Crippen molar-refractivity contribution in [1.82, 2.24) is 0 Å². The summed E-state index contributed by atoms with van der Waals surface area (Å²) in [5.41, 5.74) is 3.83. The zero-order chi connectivity index (χ0) is 18.8. The van der Waals surface area contributed by atoms with Crippen LogP contribution in [-0.2, 0) is 0 Å². The van der Waals surface area contributed by atoms with Gasteiger partial charge in [-0.05, 0) is 51.0 Å². The Morgan fingerprint density at radius 1 is 0.885 bits per heavy atom. The van der Waals surface area contributed by atoms with Gasteiger partial charge in [-0.25, -0.2) is 0 Å². The lowest BCUT2D eigenvalue weighted by atomic mass is 9.91. The van der Waals surface area contributed by atoms with E-state index in [2.05, 4.69) is 57.3 Å². The maximum Gasteiger partial charge on any atom is 0.120 e. The summed E-state index contributed by atoms with van der Waals surface area (Å²) in [6.07, 6.45) is 15.9. The highest BCUT2D eigenvalue weighted by Gasteiger charge is 2.22. The van der Waals surface area contributed by atoms with Crippen LogP contribution in [-0.4, -0.2) is 12.1 Å². The topological polar surface area (TPSA) is 21.3 Å². The highest BCUT2D eigenvalue weighted by Crippen LogP contribution is 2.35. The molecule has 2 nitrogen and oxygen atoms in total. The number of hydrogen-bond donors (Lipinski definition) is 1. The number of benzene rings is 1. The maximum absolute atomic E-state index is 5.99. The summed E-state index contributed by atoms with van der Waals surface area (Å²) in [6, 6.07) is 6.43. The first kappa shape index (κ1) is 20.9. The highest BCUT2D eigenvalue weighted by atomic mass is 16.5. The van der Waals surface area contributed by atoms with Gasteiger partial charge in [0.15, 0.2) is 0 Å². The first-order valence-electron chi connectivity index (χ1n) is 10.8. The minimum Gasteiger partial charge on any atom is -0.494 e. The van der Waals surface area contributed by atoms with Crippen LogP contribution < -0.4 is 10.1 Å². The second-order valence-corrected chi connectivity index (χ2v) is 8.41. The molecule has 0 amide bonds. The Hall–Kier alpha value is -1.44. The molecule has 0 unspecified atom stereocenters. The van der Waals surface area contributed by atoms with Gasteiger partial charge < -0.3 is 10.1 Å². The molecule has 0 spiro atoms. The molecule has 0 saturated heterocycles. The van der Waals surface area contributed by atoms with Crippen molar-refractivity contribution in [1.29, 1.82) is 0 Å². The van der Waals surface area contributed by atoms with Crippen LogP contribution in [0.2, 0.25) is 0 Å². The molecule has 0 aromatic heterocycles. The molecule has 2 rings (SSSR count). The molecule has 0 radical (unpaired) electrons. The molecule has 1 aromatic rings. The zero-order valence-corrected chi connectivity index (χ0v) is 17.5. The van der Waals surface area contributed by atoms with Crippen molar-refractivity contribution in [3.8, 4) is 5.75 Å². The summed E-state index contributed by atoms with van der Waals surface area (Å²) >= 11 is 0. The molecule has 1 aliphatic rings. The SMILES string of the molecule is CCCCCCCCCCCCOc1ccc2c(c1)C(C)=CC(C)(C)N2. The van der Waals surface area contributed by atoms with E-state index in [0.29, 0.717) is 0 Å². The van der Waals surface area contributed by atoms with Crippen LogP contribution in [0.3, 0.4) is 0 Å². The number of hydrogen-bond acceptors (Lipinski definition) is 2. The Morgan fingerprint density at radius 3 is 2.15 bits per heavy atom. The first-order chi connectivity index (χ1) is 12.5. The Morgan fingerprint density at radius 2 is 1.50 bits per heavy atom. The van der Waals surface area contributed by atoms with Gasteiger partial charge in [-0.3, -0.25) is 0 Å². The Kier molecular flexibility index (Phi) is 8.54. The minimum atomic E-state index is 0.0233. The molecule has 1 aromatic carbocycles. The fourth-order valence-electron chi connectivity index (χ4n) is 3.83. The van der Waals surface area contributed by atoms with E-state index in [1.165, 1.54) is 74.6 Å². The fraction of sp³-hybridized carbons (Fsp3) is 0.667. The van der Waals surface area contributed by atoms with E-state index in [4.69, 9.17) is 4.74 Å². The van der Waals surface area contributed by atoms with E-state index in [9.17, 15) is 0 Å². The van der Waals surface area contributed by atoms with E-state index in [1.807, 2.05) is 0 Å². The number of ether oxygens (including phenoxy) is 1. The smallest absolute Gasteiger partial charge is 0.120 e. The molecule has 0 atom stereocenters. The van der Waals surface area contributed by atoms with Gasteiger partial charge in [0.05, 0.1) is 12.1 Å². The average Bonchev–Trinajstić information content (AvgIpc) is 2.59. The van der Waals surface area contributed by atoms with Crippen LogP contribution in [0, 0.1) is 0 Å². The third-order valence-electron chi connectivity index (χ3n) is 5.22. The van der Waals surface area contributed by atoms with Crippen molar-refractivity contribution in [2.75, 3.05) is 11.9 Å². The van der Waals surface area contributed by atoms with Gasteiger partial charge in [-0.15, -0.1) is 0 Å². The molecular weight excluding hydrogens is 318 g/mol. The average molecular weight is 358 g/mol. The van der Waals surface area contributed by atoms with Crippen molar-refractivity contribution in [2.45, 2.75) is 97.4 Å². The number of anilines is 1. The number of fused-ring (bicyclic) bond motifs is 1. The predicted molar refractivity (Wildman–Crippen MR) is 115 cm³/mol. The number of rotatable bonds is 12. The van der Waals surface area contributed by atoms with Crippen LogP contribution in [0.1, 0.15) is 97.5 Å². The van der Waals surface area contributed by atoms with Crippen LogP contribution in [0.25, 0.3) is 5.57 Å². The lowest BCUT2D eigenvalue weighted by Gasteiger charge is -2.31. The molecule has 0 bridgehead atoms. The second-order valence-electron chi connectivity index (χ2n) is 8.41. The predicted octanol–water partition coefficient (Wildman–Crippen LogP) is 7.59. The summed E-state index contributed by atoms with van der Waals surface area (Å²) in [4.78, 5) is 0. The largest absolute Gasteiger partial charge is 0.494 e. The van der Waals surface area contributed by atoms with E-state index in [1.54, 1.807) is 0 Å². The molecule has 1 aliphatic heterocycles. The van der Waals surface area contributed by atoms with Crippen molar-refractivity contribution in [3.05, 3.63) is 29.8 Å². The second kappa shape index (κ2) is 10.6. The minimum absolute atomic E-state index is 0.0233. The maximum atomic E-state index is 5.99. The van der Waals surface area contributed by atoms with Gasteiger partial charge in [-0.2, -0.15) is 0 Å².